The van der Waals surface area contributed by atoms with Crippen LogP contribution < -0.4 is 21.8 Å². The number of thioether (sulfide) groups is 1. The van der Waals surface area contributed by atoms with Crippen molar-refractivity contribution in [3.05, 3.63) is 56.0 Å². The first kappa shape index (κ1) is 36.1. The summed E-state index contributed by atoms with van der Waals surface area (Å²) in [4.78, 5) is 87.1. The molecule has 0 radical (unpaired) electrons. The number of rotatable bonds is 11. The number of amides is 3. The number of pyridine rings is 1. The lowest BCUT2D eigenvalue weighted by molar-refractivity contribution is -0.161. The summed E-state index contributed by atoms with van der Waals surface area (Å²) >= 11 is 2.04. The number of benzene rings is 1. The molecule has 19 nitrogen and oxygen atoms in total. The molecule has 21 heteroatoms. The third-order valence-corrected chi connectivity index (χ3v) is 9.89. The summed E-state index contributed by atoms with van der Waals surface area (Å²) in [5, 5.41) is 58.1. The number of thiazole rings is 1. The van der Waals surface area contributed by atoms with Crippen LogP contribution in [-0.4, -0.2) is 99.6 Å². The molecule has 2 aliphatic rings. The van der Waals surface area contributed by atoms with E-state index in [1.807, 2.05) is 0 Å². The van der Waals surface area contributed by atoms with Crippen molar-refractivity contribution in [3.8, 4) is 17.6 Å². The van der Waals surface area contributed by atoms with Gasteiger partial charge in [-0.3, -0.25) is 24.1 Å². The number of nitrogens with zero attached hydrogens (tertiary/aromatic N) is 5. The fourth-order valence-corrected chi connectivity index (χ4v) is 7.06. The second-order valence-electron chi connectivity index (χ2n) is 11.5. The van der Waals surface area contributed by atoms with Gasteiger partial charge in [-0.05, 0) is 26.3 Å². The highest BCUT2D eigenvalue weighted by Crippen LogP contribution is 2.40. The number of nitrogens with two attached hydrogens (primary N) is 1. The fourth-order valence-electron chi connectivity index (χ4n) is 5.16. The van der Waals surface area contributed by atoms with Crippen LogP contribution in [0.25, 0.3) is 10.9 Å². The van der Waals surface area contributed by atoms with E-state index in [-0.39, 0.29) is 39.6 Å². The number of aromatic nitrogens is 2. The van der Waals surface area contributed by atoms with Crippen LogP contribution in [0.5, 0.6) is 11.5 Å². The van der Waals surface area contributed by atoms with Gasteiger partial charge >= 0.3 is 11.9 Å². The van der Waals surface area contributed by atoms with Gasteiger partial charge in [0.05, 0.1) is 10.9 Å². The molecule has 1 unspecified atom stereocenters. The van der Waals surface area contributed by atoms with Crippen LogP contribution in [-0.2, 0) is 30.6 Å². The normalized spacial score (nSPS) is 17.3. The van der Waals surface area contributed by atoms with E-state index < -0.39 is 92.7 Å². The van der Waals surface area contributed by atoms with E-state index >= 15 is 0 Å². The molecule has 0 spiro atoms. The van der Waals surface area contributed by atoms with Crippen LogP contribution in [0.2, 0.25) is 0 Å². The molecule has 266 valence electrons. The van der Waals surface area contributed by atoms with Crippen LogP contribution in [0, 0.1) is 11.3 Å². The Morgan fingerprint density at radius 2 is 1.94 bits per heavy atom. The number of carbonyl (C=O) groups is 5. The lowest BCUT2D eigenvalue weighted by Gasteiger charge is -2.49. The summed E-state index contributed by atoms with van der Waals surface area (Å²) in [5.41, 5.74) is 1.19. The highest BCUT2D eigenvalue weighted by molar-refractivity contribution is 8.00. The molecule has 8 N–H and O–H groups in total. The lowest BCUT2D eigenvalue weighted by atomic mass is 10.0. The predicted octanol–water partition coefficient (Wildman–Crippen LogP) is 0.0955. The topological polar surface area (TPSA) is 300 Å². The number of aryl methyl sites for hydroxylation is 1. The number of carboxylic acid groups (broad SMARTS) is 2. The Morgan fingerprint density at radius 1 is 1.24 bits per heavy atom. The highest BCUT2D eigenvalue weighted by atomic mass is 32.2. The van der Waals surface area contributed by atoms with E-state index in [0.29, 0.717) is 0 Å². The van der Waals surface area contributed by atoms with Crippen molar-refractivity contribution in [2.24, 2.45) is 5.16 Å². The Labute approximate surface area is 294 Å². The van der Waals surface area contributed by atoms with E-state index in [1.165, 1.54) is 30.0 Å². The highest BCUT2D eigenvalue weighted by Gasteiger charge is 2.54. The fraction of sp³-hybridized carbons (Fsp3) is 0.300. The predicted molar refractivity (Wildman–Crippen MR) is 180 cm³/mol. The first-order valence-electron chi connectivity index (χ1n) is 14.7. The zero-order chi connectivity index (χ0) is 37.5. The minimum atomic E-state index is -1.84. The molecule has 2 atom stereocenters. The Bertz CT molecular complexity index is 2200. The van der Waals surface area contributed by atoms with Gasteiger partial charge in [0.15, 0.2) is 22.3 Å². The van der Waals surface area contributed by atoms with Crippen molar-refractivity contribution >= 4 is 74.5 Å². The van der Waals surface area contributed by atoms with E-state index in [0.717, 1.165) is 34.1 Å². The summed E-state index contributed by atoms with van der Waals surface area (Å²) in [6.07, 6.45) is 1.20. The minimum Gasteiger partial charge on any atom is -0.504 e. The molecular weight excluding hydrogens is 713 g/mol. The maximum Gasteiger partial charge on any atom is 0.352 e. The van der Waals surface area contributed by atoms with Crippen LogP contribution in [0.1, 0.15) is 42.4 Å². The SMILES string of the molecule is CCn1cc(C(=O)NCC2=C(C(=O)O)N3C(=O)[C@@H](NC(=O)/C(=N\OC(C)(C)C(=O)O)c4csc(N)n4)C3SC2)c(=O)c2c(C#N)c(O)c(O)cc21. The van der Waals surface area contributed by atoms with Gasteiger partial charge < -0.3 is 46.2 Å². The molecule has 1 saturated heterocycles. The van der Waals surface area contributed by atoms with Crippen LogP contribution >= 0.6 is 23.1 Å². The quantitative estimate of drug-likeness (QED) is 0.0593. The molecule has 0 bridgehead atoms. The van der Waals surface area contributed by atoms with Crippen LogP contribution in [0.4, 0.5) is 5.13 Å². The summed E-state index contributed by atoms with van der Waals surface area (Å²) in [5.74, 6) is -7.08. The number of nitrogens with one attached hydrogen (secondary N) is 2. The molecule has 1 fully saturated rings. The molecule has 2 aliphatic heterocycles. The van der Waals surface area contributed by atoms with Crippen molar-refractivity contribution in [3.63, 3.8) is 0 Å². The number of oxime groups is 1. The first-order valence-corrected chi connectivity index (χ1v) is 16.7. The molecular formula is C30H28N8O11S2. The molecule has 0 saturated carbocycles. The number of phenols is 2. The van der Waals surface area contributed by atoms with E-state index in [9.17, 15) is 54.5 Å². The molecule has 0 aliphatic carbocycles. The summed E-state index contributed by atoms with van der Waals surface area (Å²) in [7, 11) is 0. The summed E-state index contributed by atoms with van der Waals surface area (Å²) in [6, 6.07) is 1.52. The average Bonchev–Trinajstić information content (AvgIpc) is 3.51. The van der Waals surface area contributed by atoms with E-state index in [4.69, 9.17) is 10.6 Å². The molecule has 4 heterocycles. The van der Waals surface area contributed by atoms with Gasteiger partial charge in [-0.1, -0.05) is 5.16 Å². The van der Waals surface area contributed by atoms with Crippen molar-refractivity contribution in [2.45, 2.75) is 44.3 Å². The number of hydrogen-bond donors (Lipinski definition) is 7. The van der Waals surface area contributed by atoms with E-state index in [1.54, 1.807) is 13.0 Å². The third-order valence-electron chi connectivity index (χ3n) is 7.88. The van der Waals surface area contributed by atoms with Gasteiger partial charge in [-0.2, -0.15) is 5.26 Å². The number of aromatic hydroxyl groups is 2. The number of carboxylic acids is 2. The standard InChI is InChI=1S/C30H28N8O11S2/c1-4-37-8-13(22(41)17-12(6-31)21(40)16(39)5-15(17)37)23(42)33-7-11-9-50-26-19(25(44)38(26)20(11)27(45)46)35-24(43)18(14-10-51-29(32)34-14)36-49-30(2,3)28(47)48/h5,8,10,19,26,39-40H,4,7,9H2,1-3H3,(H2,32,34)(H,33,42)(H,35,43)(H,45,46)(H,47,48)/b36-18-/t19-,26?/m1/s1. The third kappa shape index (κ3) is 6.49. The molecule has 51 heavy (non-hydrogen) atoms. The number of nitrogen functional groups attached to an aromatic ring is 1. The van der Waals surface area contributed by atoms with Gasteiger partial charge in [0.2, 0.25) is 11.0 Å². The maximum absolute atomic E-state index is 13.4. The second kappa shape index (κ2) is 13.6. The molecule has 2 aromatic heterocycles. The maximum atomic E-state index is 13.4. The van der Waals surface area contributed by atoms with Crippen LogP contribution in [0.15, 0.2) is 38.9 Å². The number of fused-ring (bicyclic) bond motifs is 2. The number of carbonyl (C=O) groups excluding carboxylic acids is 3. The monoisotopic (exact) mass is 740 g/mol. The van der Waals surface area contributed by atoms with Crippen molar-refractivity contribution in [1.82, 2.24) is 25.1 Å². The number of phenolic OH excluding ortho intramolecular Hbond substituents is 2. The largest absolute Gasteiger partial charge is 0.504 e. The number of hydrogen-bond acceptors (Lipinski definition) is 15. The minimum absolute atomic E-state index is 0.0230. The van der Waals surface area contributed by atoms with Gasteiger partial charge in [-0.15, -0.1) is 23.1 Å². The molecule has 3 amide bonds. The zero-order valence-corrected chi connectivity index (χ0v) is 28.4. The Morgan fingerprint density at radius 3 is 2.53 bits per heavy atom. The Balaban J connectivity index is 1.37. The van der Waals surface area contributed by atoms with Gasteiger partial charge in [0.25, 0.3) is 17.7 Å². The number of aliphatic carboxylic acids is 2. The number of β-lactam (4-membered cyclic amide) rings is 1. The Kier molecular flexibility index (Phi) is 9.67. The van der Waals surface area contributed by atoms with Crippen molar-refractivity contribution < 1.29 is 49.2 Å². The van der Waals surface area contributed by atoms with Gasteiger partial charge in [0.1, 0.15) is 40.0 Å². The second-order valence-corrected chi connectivity index (χ2v) is 13.5. The van der Waals surface area contributed by atoms with E-state index in [2.05, 4.69) is 20.8 Å². The number of anilines is 1. The number of nitriles is 1. The van der Waals surface area contributed by atoms with Crippen molar-refractivity contribution in [2.75, 3.05) is 18.0 Å². The summed E-state index contributed by atoms with van der Waals surface area (Å²) in [6.45, 7) is 3.86. The van der Waals surface area contributed by atoms with Crippen molar-refractivity contribution in [1.29, 1.82) is 5.26 Å². The molecule has 3 aromatic rings. The summed E-state index contributed by atoms with van der Waals surface area (Å²) < 4.78 is 1.42. The van der Waals surface area contributed by atoms with Gasteiger partial charge in [0, 0.05) is 36.5 Å². The molecule has 5 rings (SSSR count). The average molecular weight is 741 g/mol. The first-order chi connectivity index (χ1) is 24.0. The molecule has 1 aromatic carbocycles. The Hall–Kier alpha value is -6.14. The zero-order valence-electron chi connectivity index (χ0n) is 26.8. The van der Waals surface area contributed by atoms with Crippen LogP contribution in [0.3, 0.4) is 0 Å². The van der Waals surface area contributed by atoms with Gasteiger partial charge in [-0.25, -0.2) is 14.6 Å². The lowest BCUT2D eigenvalue weighted by Crippen LogP contribution is -2.71. The smallest absolute Gasteiger partial charge is 0.352 e.